The monoisotopic (exact) mass is 454 g/mol. The van der Waals surface area contributed by atoms with Gasteiger partial charge in [0.15, 0.2) is 6.10 Å². The van der Waals surface area contributed by atoms with Crippen LogP contribution in [-0.4, -0.2) is 28.4 Å². The molecule has 1 atom stereocenters. The highest BCUT2D eigenvalue weighted by Gasteiger charge is 2.20. The van der Waals surface area contributed by atoms with E-state index in [0.717, 1.165) is 23.3 Å². The van der Waals surface area contributed by atoms with E-state index < -0.39 is 23.6 Å². The molecule has 0 aliphatic heterocycles. The molecule has 0 aliphatic carbocycles. The smallest absolute Gasteiger partial charge is 0.257 e. The fraction of sp³-hybridized carbons (Fsp3) is 0.208. The van der Waals surface area contributed by atoms with Crippen LogP contribution in [0.15, 0.2) is 48.7 Å². The summed E-state index contributed by atoms with van der Waals surface area (Å²) in [5.74, 6) is -2.82. The SMILES string of the molecule is CCNC(=O)c1cc(-c2ccc(NC(=O)C(O)c3cc(F)cc(F)c3)cc2CC)cnc1N. The molecule has 0 fully saturated rings. The van der Waals surface area contributed by atoms with Gasteiger partial charge in [-0.3, -0.25) is 9.59 Å². The number of nitrogen functional groups attached to an aromatic ring is 1. The van der Waals surface area contributed by atoms with Crippen LogP contribution in [0.2, 0.25) is 0 Å². The lowest BCUT2D eigenvalue weighted by Gasteiger charge is -2.15. The predicted molar refractivity (Wildman–Crippen MR) is 121 cm³/mol. The molecule has 2 aromatic carbocycles. The number of halogens is 2. The van der Waals surface area contributed by atoms with Crippen LogP contribution in [0.4, 0.5) is 20.3 Å². The minimum atomic E-state index is -1.75. The first-order chi connectivity index (χ1) is 15.7. The average Bonchev–Trinajstić information content (AvgIpc) is 2.78. The van der Waals surface area contributed by atoms with Crippen molar-refractivity contribution >= 4 is 23.3 Å². The zero-order chi connectivity index (χ0) is 24.1. The summed E-state index contributed by atoms with van der Waals surface area (Å²) < 4.78 is 26.8. The molecule has 0 aliphatic rings. The second-order valence-corrected chi connectivity index (χ2v) is 7.34. The maximum Gasteiger partial charge on any atom is 0.257 e. The number of aliphatic hydroxyl groups is 1. The van der Waals surface area contributed by atoms with Gasteiger partial charge in [-0.05, 0) is 60.4 Å². The average molecular weight is 454 g/mol. The van der Waals surface area contributed by atoms with Crippen molar-refractivity contribution in [2.45, 2.75) is 26.4 Å². The van der Waals surface area contributed by atoms with Gasteiger partial charge >= 0.3 is 0 Å². The van der Waals surface area contributed by atoms with Gasteiger partial charge in [0.25, 0.3) is 11.8 Å². The van der Waals surface area contributed by atoms with E-state index in [-0.39, 0.29) is 22.9 Å². The number of aliphatic hydroxyl groups excluding tert-OH is 1. The van der Waals surface area contributed by atoms with Gasteiger partial charge in [-0.2, -0.15) is 0 Å². The molecule has 0 saturated carbocycles. The first-order valence-electron chi connectivity index (χ1n) is 10.3. The van der Waals surface area contributed by atoms with Gasteiger partial charge in [-0.15, -0.1) is 0 Å². The molecule has 33 heavy (non-hydrogen) atoms. The number of rotatable bonds is 7. The topological polar surface area (TPSA) is 117 Å². The van der Waals surface area contributed by atoms with Crippen LogP contribution in [-0.2, 0) is 11.2 Å². The van der Waals surface area contributed by atoms with Gasteiger partial charge in [0, 0.05) is 30.1 Å². The third-order valence-electron chi connectivity index (χ3n) is 5.01. The van der Waals surface area contributed by atoms with Gasteiger partial charge in [0.1, 0.15) is 17.5 Å². The summed E-state index contributed by atoms with van der Waals surface area (Å²) in [5.41, 5.74) is 8.63. The van der Waals surface area contributed by atoms with Gasteiger partial charge in [0.05, 0.1) is 5.56 Å². The Hall–Kier alpha value is -3.85. The number of nitrogens with one attached hydrogen (secondary N) is 2. The molecule has 7 nitrogen and oxygen atoms in total. The maximum atomic E-state index is 13.4. The van der Waals surface area contributed by atoms with E-state index in [2.05, 4.69) is 15.6 Å². The minimum absolute atomic E-state index is 0.120. The maximum absolute atomic E-state index is 13.4. The second kappa shape index (κ2) is 10.2. The van der Waals surface area contributed by atoms with E-state index in [1.54, 1.807) is 37.4 Å². The lowest BCUT2D eigenvalue weighted by molar-refractivity contribution is -0.124. The number of nitrogens with zero attached hydrogens (tertiary/aromatic N) is 1. The first-order valence-corrected chi connectivity index (χ1v) is 10.3. The fourth-order valence-corrected chi connectivity index (χ4v) is 3.40. The Morgan fingerprint density at radius 3 is 2.42 bits per heavy atom. The third kappa shape index (κ3) is 5.50. The summed E-state index contributed by atoms with van der Waals surface area (Å²) in [6, 6.07) is 9.19. The minimum Gasteiger partial charge on any atom is -0.383 e. The molecule has 0 radical (unpaired) electrons. The van der Waals surface area contributed by atoms with Crippen molar-refractivity contribution in [1.82, 2.24) is 10.3 Å². The van der Waals surface area contributed by atoms with Crippen LogP contribution in [0.1, 0.15) is 41.4 Å². The predicted octanol–water partition coefficient (Wildman–Crippen LogP) is 3.59. The number of benzene rings is 2. The second-order valence-electron chi connectivity index (χ2n) is 7.34. The Labute approximate surface area is 189 Å². The number of amides is 2. The molecule has 5 N–H and O–H groups in total. The molecule has 0 saturated heterocycles. The van der Waals surface area contributed by atoms with Crippen LogP contribution < -0.4 is 16.4 Å². The molecule has 0 bridgehead atoms. The van der Waals surface area contributed by atoms with E-state index in [9.17, 15) is 23.5 Å². The fourth-order valence-electron chi connectivity index (χ4n) is 3.40. The summed E-state index contributed by atoms with van der Waals surface area (Å²) in [6.07, 6.45) is 0.408. The number of pyridine rings is 1. The van der Waals surface area contributed by atoms with Crippen LogP contribution in [0, 0.1) is 11.6 Å². The number of carbonyl (C=O) groups excluding carboxylic acids is 2. The van der Waals surface area contributed by atoms with E-state index in [1.807, 2.05) is 6.92 Å². The molecule has 0 spiro atoms. The van der Waals surface area contributed by atoms with Crippen molar-refractivity contribution in [2.24, 2.45) is 0 Å². The molecule has 1 aromatic heterocycles. The highest BCUT2D eigenvalue weighted by molar-refractivity contribution is 5.99. The quantitative estimate of drug-likeness (QED) is 0.435. The third-order valence-corrected chi connectivity index (χ3v) is 5.01. The number of hydrogen-bond donors (Lipinski definition) is 4. The molecule has 1 heterocycles. The summed E-state index contributed by atoms with van der Waals surface area (Å²) in [4.78, 5) is 28.8. The summed E-state index contributed by atoms with van der Waals surface area (Å²) in [5, 5.41) is 15.5. The highest BCUT2D eigenvalue weighted by Crippen LogP contribution is 2.29. The van der Waals surface area contributed by atoms with Crippen LogP contribution in [0.3, 0.4) is 0 Å². The standard InChI is InChI=1S/C24H24F2N4O3/c1-3-13-9-18(30-24(33)21(31)14-7-16(25)11-17(26)8-14)5-6-19(13)15-10-20(22(27)29-12-15)23(32)28-4-2/h5-12,21,31H,3-4H2,1-2H3,(H2,27,29)(H,28,32)(H,30,33). The number of carbonyl (C=O) groups is 2. The normalized spacial score (nSPS) is 11.7. The summed E-state index contributed by atoms with van der Waals surface area (Å²) in [7, 11) is 0. The molecule has 9 heteroatoms. The molecular weight excluding hydrogens is 430 g/mol. The van der Waals surface area contributed by atoms with E-state index in [4.69, 9.17) is 5.73 Å². The van der Waals surface area contributed by atoms with Crippen molar-refractivity contribution in [2.75, 3.05) is 17.6 Å². The Morgan fingerprint density at radius 1 is 1.09 bits per heavy atom. The Kier molecular flexibility index (Phi) is 7.34. The van der Waals surface area contributed by atoms with Gasteiger partial charge in [0.2, 0.25) is 0 Å². The van der Waals surface area contributed by atoms with Crippen molar-refractivity contribution in [3.63, 3.8) is 0 Å². The van der Waals surface area contributed by atoms with Crippen molar-refractivity contribution < 1.29 is 23.5 Å². The zero-order valence-corrected chi connectivity index (χ0v) is 18.2. The van der Waals surface area contributed by atoms with Crippen LogP contribution in [0.5, 0.6) is 0 Å². The molecule has 1 unspecified atom stereocenters. The number of aromatic nitrogens is 1. The first kappa shape index (κ1) is 23.8. The molecule has 3 aromatic rings. The Bertz CT molecular complexity index is 1180. The lowest BCUT2D eigenvalue weighted by Crippen LogP contribution is -2.24. The molecule has 2 amide bonds. The highest BCUT2D eigenvalue weighted by atomic mass is 19.1. The largest absolute Gasteiger partial charge is 0.383 e. The number of anilines is 2. The van der Waals surface area contributed by atoms with Gasteiger partial charge in [-0.1, -0.05) is 13.0 Å². The number of aryl methyl sites for hydroxylation is 1. The van der Waals surface area contributed by atoms with Gasteiger partial charge in [-0.25, -0.2) is 13.8 Å². The molecule has 3 rings (SSSR count). The van der Waals surface area contributed by atoms with Gasteiger partial charge < -0.3 is 21.5 Å². The number of nitrogens with two attached hydrogens (primary N) is 1. The summed E-state index contributed by atoms with van der Waals surface area (Å²) in [6.45, 7) is 4.17. The number of hydrogen-bond acceptors (Lipinski definition) is 5. The molecular formula is C24H24F2N4O3. The van der Waals surface area contributed by atoms with E-state index in [1.165, 1.54) is 0 Å². The van der Waals surface area contributed by atoms with Crippen LogP contribution in [0.25, 0.3) is 11.1 Å². The zero-order valence-electron chi connectivity index (χ0n) is 18.2. The summed E-state index contributed by atoms with van der Waals surface area (Å²) >= 11 is 0. The van der Waals surface area contributed by atoms with Crippen molar-refractivity contribution in [3.8, 4) is 11.1 Å². The Morgan fingerprint density at radius 2 is 1.79 bits per heavy atom. The Balaban J connectivity index is 1.86. The van der Waals surface area contributed by atoms with E-state index >= 15 is 0 Å². The van der Waals surface area contributed by atoms with Crippen LogP contribution >= 0.6 is 0 Å². The van der Waals surface area contributed by atoms with E-state index in [0.29, 0.717) is 30.3 Å². The molecule has 172 valence electrons. The van der Waals surface area contributed by atoms with Crippen molar-refractivity contribution in [3.05, 3.63) is 77.0 Å². The van der Waals surface area contributed by atoms with Crippen molar-refractivity contribution in [1.29, 1.82) is 0 Å². The lowest BCUT2D eigenvalue weighted by atomic mass is 9.97.